The van der Waals surface area contributed by atoms with Crippen LogP contribution >= 0.6 is 55.7 Å². The van der Waals surface area contributed by atoms with Gasteiger partial charge in [0.1, 0.15) is 5.75 Å². The van der Waals surface area contributed by atoms with E-state index >= 15 is 0 Å². The molecule has 0 aromatic heterocycles. The third-order valence-electron chi connectivity index (χ3n) is 3.69. The van der Waals surface area contributed by atoms with Crippen molar-refractivity contribution in [3.8, 4) is 5.75 Å². The average Bonchev–Trinajstić information content (AvgIpc) is 2.65. The SMILES string of the molecule is Cc1cc(Br)cc(Br)c1OCC(=O)NNC(=S)NC(=O)CCc1ccccc1Cl. The fourth-order valence-corrected chi connectivity index (χ4v) is 4.29. The first kappa shape index (κ1) is 23.6. The van der Waals surface area contributed by atoms with E-state index in [1.165, 1.54) is 0 Å². The molecule has 10 heteroatoms. The Hall–Kier alpha value is -1.68. The minimum absolute atomic E-state index is 0.0106. The molecule has 2 aromatic carbocycles. The molecule has 2 amide bonds. The minimum Gasteiger partial charge on any atom is -0.482 e. The zero-order valence-electron chi connectivity index (χ0n) is 15.4. The lowest BCUT2D eigenvalue weighted by molar-refractivity contribution is -0.124. The van der Waals surface area contributed by atoms with Crippen molar-refractivity contribution in [3.63, 3.8) is 0 Å². The minimum atomic E-state index is -0.452. The van der Waals surface area contributed by atoms with Crippen LogP contribution in [0.3, 0.4) is 0 Å². The van der Waals surface area contributed by atoms with E-state index < -0.39 is 5.91 Å². The number of carbonyl (C=O) groups excluding carboxylic acids is 2. The van der Waals surface area contributed by atoms with Gasteiger partial charge in [-0.1, -0.05) is 45.7 Å². The lowest BCUT2D eigenvalue weighted by Crippen LogP contribution is -2.49. The normalized spacial score (nSPS) is 10.2. The van der Waals surface area contributed by atoms with Crippen molar-refractivity contribution in [2.75, 3.05) is 6.61 Å². The van der Waals surface area contributed by atoms with Gasteiger partial charge in [-0.25, -0.2) is 0 Å². The third kappa shape index (κ3) is 7.93. The van der Waals surface area contributed by atoms with Crippen LogP contribution in [0.4, 0.5) is 0 Å². The zero-order chi connectivity index (χ0) is 21.4. The molecule has 29 heavy (non-hydrogen) atoms. The number of halogens is 3. The monoisotopic (exact) mass is 561 g/mol. The predicted molar refractivity (Wildman–Crippen MR) is 124 cm³/mol. The Balaban J connectivity index is 1.71. The fraction of sp³-hybridized carbons (Fsp3) is 0.211. The van der Waals surface area contributed by atoms with Crippen molar-refractivity contribution >= 4 is 72.6 Å². The van der Waals surface area contributed by atoms with Gasteiger partial charge in [0.15, 0.2) is 11.7 Å². The number of carbonyl (C=O) groups is 2. The fourth-order valence-electron chi connectivity index (χ4n) is 2.34. The molecule has 2 aromatic rings. The molecule has 0 spiro atoms. The van der Waals surface area contributed by atoms with Crippen LogP contribution in [-0.4, -0.2) is 23.5 Å². The molecule has 3 N–H and O–H groups in total. The van der Waals surface area contributed by atoms with Gasteiger partial charge in [-0.05, 0) is 70.8 Å². The Kier molecular flexibility index (Phi) is 9.35. The number of nitrogens with one attached hydrogen (secondary N) is 3. The first-order valence-electron chi connectivity index (χ1n) is 8.46. The molecule has 0 aliphatic heterocycles. The second-order valence-electron chi connectivity index (χ2n) is 5.96. The Morgan fingerprint density at radius 3 is 2.55 bits per heavy atom. The number of rotatable bonds is 6. The molecule has 6 nitrogen and oxygen atoms in total. The molecule has 2 rings (SSSR count). The van der Waals surface area contributed by atoms with E-state index in [1.807, 2.05) is 37.3 Å². The van der Waals surface area contributed by atoms with Crippen LogP contribution in [0.25, 0.3) is 0 Å². The van der Waals surface area contributed by atoms with E-state index in [-0.39, 0.29) is 24.0 Å². The van der Waals surface area contributed by atoms with Crippen molar-refractivity contribution in [2.45, 2.75) is 19.8 Å². The molecule has 0 radical (unpaired) electrons. The van der Waals surface area contributed by atoms with Crippen LogP contribution in [0.15, 0.2) is 45.3 Å². The molecule has 0 saturated heterocycles. The van der Waals surface area contributed by atoms with E-state index in [9.17, 15) is 9.59 Å². The molecular formula is C19H18Br2ClN3O3S. The topological polar surface area (TPSA) is 79.5 Å². The molecule has 154 valence electrons. The molecule has 0 heterocycles. The van der Waals surface area contributed by atoms with Gasteiger partial charge >= 0.3 is 0 Å². The first-order valence-corrected chi connectivity index (χ1v) is 10.8. The maximum Gasteiger partial charge on any atom is 0.276 e. The number of hydrazine groups is 1. The van der Waals surface area contributed by atoms with Crippen LogP contribution < -0.4 is 20.9 Å². The second-order valence-corrected chi connectivity index (χ2v) is 8.55. The van der Waals surface area contributed by atoms with E-state index in [2.05, 4.69) is 48.0 Å². The van der Waals surface area contributed by atoms with Gasteiger partial charge in [0.05, 0.1) is 4.47 Å². The molecule has 0 atom stereocenters. The van der Waals surface area contributed by atoms with Crippen LogP contribution in [0.1, 0.15) is 17.5 Å². The summed E-state index contributed by atoms with van der Waals surface area (Å²) in [7, 11) is 0. The summed E-state index contributed by atoms with van der Waals surface area (Å²) in [5, 5.41) is 3.09. The van der Waals surface area contributed by atoms with Crippen LogP contribution in [0, 0.1) is 6.92 Å². The maximum absolute atomic E-state index is 12.0. The molecule has 0 unspecified atom stereocenters. The van der Waals surface area contributed by atoms with Crippen LogP contribution in [-0.2, 0) is 16.0 Å². The van der Waals surface area contributed by atoms with Gasteiger partial charge in [-0.3, -0.25) is 20.4 Å². The summed E-state index contributed by atoms with van der Waals surface area (Å²) in [5.74, 6) is -0.173. The molecule has 0 aliphatic rings. The molecule has 0 bridgehead atoms. The molecular weight excluding hydrogens is 546 g/mol. The summed E-state index contributed by atoms with van der Waals surface area (Å²) < 4.78 is 7.16. The largest absolute Gasteiger partial charge is 0.482 e. The lowest BCUT2D eigenvalue weighted by atomic mass is 10.1. The highest BCUT2D eigenvalue weighted by atomic mass is 79.9. The van der Waals surface area contributed by atoms with Gasteiger partial charge in [0.25, 0.3) is 5.91 Å². The van der Waals surface area contributed by atoms with E-state index in [1.54, 1.807) is 6.07 Å². The number of benzene rings is 2. The molecule has 0 saturated carbocycles. The molecule has 0 aliphatic carbocycles. The van der Waals surface area contributed by atoms with Gasteiger partial charge in [-0.15, -0.1) is 0 Å². The summed E-state index contributed by atoms with van der Waals surface area (Å²) in [6.07, 6.45) is 0.690. The molecule has 0 fully saturated rings. The third-order valence-corrected chi connectivity index (χ3v) is 5.31. The van der Waals surface area contributed by atoms with Gasteiger partial charge in [0.2, 0.25) is 5.91 Å². The average molecular weight is 564 g/mol. The van der Waals surface area contributed by atoms with Crippen molar-refractivity contribution in [3.05, 3.63) is 61.5 Å². The predicted octanol–water partition coefficient (Wildman–Crippen LogP) is 4.21. The highest BCUT2D eigenvalue weighted by Crippen LogP contribution is 2.32. The van der Waals surface area contributed by atoms with Gasteiger partial charge in [-0.2, -0.15) is 0 Å². The summed E-state index contributed by atoms with van der Waals surface area (Å²) in [4.78, 5) is 23.9. The smallest absolute Gasteiger partial charge is 0.276 e. The highest BCUT2D eigenvalue weighted by molar-refractivity contribution is 9.11. The van der Waals surface area contributed by atoms with Gasteiger partial charge in [0, 0.05) is 15.9 Å². The summed E-state index contributed by atoms with van der Waals surface area (Å²) in [6, 6.07) is 11.0. The number of thiocarbonyl (C=S) groups is 1. The Morgan fingerprint density at radius 2 is 1.86 bits per heavy atom. The van der Waals surface area contributed by atoms with Crippen molar-refractivity contribution in [2.24, 2.45) is 0 Å². The van der Waals surface area contributed by atoms with Gasteiger partial charge < -0.3 is 10.1 Å². The van der Waals surface area contributed by atoms with Crippen LogP contribution in [0.2, 0.25) is 5.02 Å². The number of ether oxygens (including phenoxy) is 1. The van der Waals surface area contributed by atoms with E-state index in [4.69, 9.17) is 28.6 Å². The Bertz CT molecular complexity index is 904. The zero-order valence-corrected chi connectivity index (χ0v) is 20.1. The van der Waals surface area contributed by atoms with Crippen molar-refractivity contribution in [1.29, 1.82) is 0 Å². The quantitative estimate of drug-likeness (QED) is 0.363. The number of hydrogen-bond acceptors (Lipinski definition) is 4. The second kappa shape index (κ2) is 11.5. The summed E-state index contributed by atoms with van der Waals surface area (Å²) in [6.45, 7) is 1.64. The summed E-state index contributed by atoms with van der Waals surface area (Å²) >= 11 is 17.8. The Morgan fingerprint density at radius 1 is 1.14 bits per heavy atom. The maximum atomic E-state index is 12.0. The number of amides is 2. The van der Waals surface area contributed by atoms with Crippen molar-refractivity contribution in [1.82, 2.24) is 16.2 Å². The summed E-state index contributed by atoms with van der Waals surface area (Å²) in [5.41, 5.74) is 6.59. The standard InChI is InChI=1S/C19H18Br2ClN3O3S/c1-11-8-13(20)9-14(21)18(11)28-10-17(27)24-25-19(29)23-16(26)7-6-12-4-2-3-5-15(12)22/h2-5,8-9H,6-7,10H2,1H3,(H,24,27)(H2,23,25,26,29). The number of aryl methyl sites for hydroxylation is 2. The Labute approximate surface area is 195 Å². The number of hydrogen-bond donors (Lipinski definition) is 3. The first-order chi connectivity index (χ1) is 13.8. The van der Waals surface area contributed by atoms with E-state index in [0.717, 1.165) is 20.1 Å². The lowest BCUT2D eigenvalue weighted by Gasteiger charge is -2.13. The van der Waals surface area contributed by atoms with Crippen molar-refractivity contribution < 1.29 is 14.3 Å². The van der Waals surface area contributed by atoms with E-state index in [0.29, 0.717) is 17.2 Å². The highest BCUT2D eigenvalue weighted by Gasteiger charge is 2.11. The van der Waals surface area contributed by atoms with Crippen LogP contribution in [0.5, 0.6) is 5.75 Å².